The highest BCUT2D eigenvalue weighted by Crippen LogP contribution is 2.14. The van der Waals surface area contributed by atoms with Crippen LogP contribution in [0.4, 0.5) is 0 Å². The Bertz CT molecular complexity index is 521. The number of nitrogens with two attached hydrogens (primary N) is 1. The molecule has 0 unspecified atom stereocenters. The molecule has 0 aliphatic rings. The highest BCUT2D eigenvalue weighted by Gasteiger charge is 2.14. The molecule has 6 heteroatoms. The highest BCUT2D eigenvalue weighted by molar-refractivity contribution is 8.00. The molecule has 1 rings (SSSR count). The largest absolute Gasteiger partial charge is 0.330 e. The van der Waals surface area contributed by atoms with Gasteiger partial charge in [0.2, 0.25) is 0 Å². The summed E-state index contributed by atoms with van der Waals surface area (Å²) in [6.07, 6.45) is 0.897. The molecule has 0 radical (unpaired) electrons. The fraction of sp³-hybridized carbons (Fsp3) is 0.417. The van der Waals surface area contributed by atoms with Crippen LogP contribution in [0.15, 0.2) is 29.2 Å². The number of nitriles is 1. The molecule has 0 spiro atoms. The number of benzene rings is 1. The predicted molar refractivity (Wildman–Crippen MR) is 74.2 cm³/mol. The standard InChI is InChI=1S/C12H16N2O2S2/c13-5-2-6-17-7-8-18(15,16)12-4-1-3-11(9-12)10-14/h1,3-4,9H,2,5-8,13H2. The average Bonchev–Trinajstić information content (AvgIpc) is 2.38. The average molecular weight is 284 g/mol. The van der Waals surface area contributed by atoms with E-state index >= 15 is 0 Å². The molecule has 0 atom stereocenters. The molecule has 4 nitrogen and oxygen atoms in total. The van der Waals surface area contributed by atoms with E-state index in [1.807, 2.05) is 6.07 Å². The Morgan fingerprint density at radius 3 is 2.78 bits per heavy atom. The summed E-state index contributed by atoms with van der Waals surface area (Å²) in [5.41, 5.74) is 5.72. The monoisotopic (exact) mass is 284 g/mol. The number of sulfone groups is 1. The van der Waals surface area contributed by atoms with Crippen molar-refractivity contribution >= 4 is 21.6 Å². The lowest BCUT2D eigenvalue weighted by Gasteiger charge is -2.04. The van der Waals surface area contributed by atoms with Crippen LogP contribution in [0.3, 0.4) is 0 Å². The first-order valence-electron chi connectivity index (χ1n) is 5.61. The van der Waals surface area contributed by atoms with Gasteiger partial charge in [-0.1, -0.05) is 6.07 Å². The maximum atomic E-state index is 12.0. The van der Waals surface area contributed by atoms with Crippen molar-refractivity contribution in [1.29, 1.82) is 5.26 Å². The SMILES string of the molecule is N#Cc1cccc(S(=O)(=O)CCSCCCN)c1. The molecule has 0 saturated carbocycles. The van der Waals surface area contributed by atoms with E-state index in [-0.39, 0.29) is 10.6 Å². The van der Waals surface area contributed by atoms with E-state index in [0.717, 1.165) is 12.2 Å². The molecule has 98 valence electrons. The van der Waals surface area contributed by atoms with Crippen LogP contribution in [0.5, 0.6) is 0 Å². The lowest BCUT2D eigenvalue weighted by Crippen LogP contribution is -2.10. The summed E-state index contributed by atoms with van der Waals surface area (Å²) in [5.74, 6) is 1.53. The molecule has 2 N–H and O–H groups in total. The van der Waals surface area contributed by atoms with Crippen LogP contribution in [-0.2, 0) is 9.84 Å². The summed E-state index contributed by atoms with van der Waals surface area (Å²) in [6, 6.07) is 8.07. The van der Waals surface area contributed by atoms with Crippen LogP contribution < -0.4 is 5.73 Å². The minimum Gasteiger partial charge on any atom is -0.330 e. The Morgan fingerprint density at radius 2 is 2.11 bits per heavy atom. The second-order valence-corrected chi connectivity index (χ2v) is 7.05. The minimum absolute atomic E-state index is 0.0944. The van der Waals surface area contributed by atoms with Crippen LogP contribution >= 0.6 is 11.8 Å². The third-order valence-corrected chi connectivity index (χ3v) is 5.35. The van der Waals surface area contributed by atoms with Crippen LogP contribution in [0.2, 0.25) is 0 Å². The van der Waals surface area contributed by atoms with Crippen LogP contribution in [0.1, 0.15) is 12.0 Å². The van der Waals surface area contributed by atoms with Crippen molar-refractivity contribution in [1.82, 2.24) is 0 Å². The van der Waals surface area contributed by atoms with Crippen molar-refractivity contribution in [3.63, 3.8) is 0 Å². The van der Waals surface area contributed by atoms with Gasteiger partial charge >= 0.3 is 0 Å². The zero-order valence-electron chi connectivity index (χ0n) is 10.0. The van der Waals surface area contributed by atoms with E-state index in [4.69, 9.17) is 11.0 Å². The summed E-state index contributed by atoms with van der Waals surface area (Å²) in [5, 5.41) is 8.74. The molecule has 0 fully saturated rings. The molecule has 0 aliphatic heterocycles. The summed E-state index contributed by atoms with van der Waals surface area (Å²) in [7, 11) is -3.28. The fourth-order valence-corrected chi connectivity index (χ4v) is 4.09. The summed E-state index contributed by atoms with van der Waals surface area (Å²) in [6.45, 7) is 0.629. The molecule has 0 heterocycles. The van der Waals surface area contributed by atoms with Gasteiger partial charge in [-0.2, -0.15) is 17.0 Å². The van der Waals surface area contributed by atoms with Crippen molar-refractivity contribution in [3.8, 4) is 6.07 Å². The number of hydrogen-bond acceptors (Lipinski definition) is 5. The van der Waals surface area contributed by atoms with Crippen LogP contribution in [0, 0.1) is 11.3 Å². The van der Waals surface area contributed by atoms with E-state index in [2.05, 4.69) is 0 Å². The molecule has 0 saturated heterocycles. The van der Waals surface area contributed by atoms with Gasteiger partial charge in [-0.05, 0) is 36.9 Å². The highest BCUT2D eigenvalue weighted by atomic mass is 32.2. The van der Waals surface area contributed by atoms with Crippen molar-refractivity contribution in [2.24, 2.45) is 5.73 Å². The van der Waals surface area contributed by atoms with Crippen LogP contribution in [-0.4, -0.2) is 32.2 Å². The summed E-state index contributed by atoms with van der Waals surface area (Å²) < 4.78 is 24.0. The smallest absolute Gasteiger partial charge is 0.179 e. The zero-order valence-corrected chi connectivity index (χ0v) is 11.6. The Hall–Kier alpha value is -1.03. The zero-order chi connectivity index (χ0) is 13.4. The third kappa shape index (κ3) is 4.69. The van der Waals surface area contributed by atoms with E-state index in [1.54, 1.807) is 23.9 Å². The minimum atomic E-state index is -3.28. The van der Waals surface area contributed by atoms with Crippen molar-refractivity contribution in [2.45, 2.75) is 11.3 Å². The second kappa shape index (κ2) is 7.41. The molecule has 18 heavy (non-hydrogen) atoms. The third-order valence-electron chi connectivity index (χ3n) is 2.31. The number of hydrogen-bond donors (Lipinski definition) is 1. The number of rotatable bonds is 7. The number of thioether (sulfide) groups is 1. The maximum Gasteiger partial charge on any atom is 0.179 e. The van der Waals surface area contributed by atoms with Gasteiger partial charge in [0.15, 0.2) is 9.84 Å². The van der Waals surface area contributed by atoms with E-state index in [1.165, 1.54) is 12.1 Å². The summed E-state index contributed by atoms with van der Waals surface area (Å²) >= 11 is 1.59. The molecular formula is C12H16N2O2S2. The van der Waals surface area contributed by atoms with E-state index in [0.29, 0.717) is 17.9 Å². The number of nitrogens with zero attached hydrogens (tertiary/aromatic N) is 1. The lowest BCUT2D eigenvalue weighted by molar-refractivity contribution is 0.597. The molecule has 0 aliphatic carbocycles. The van der Waals surface area contributed by atoms with Gasteiger partial charge in [0.25, 0.3) is 0 Å². The van der Waals surface area contributed by atoms with Gasteiger partial charge < -0.3 is 5.73 Å². The summed E-state index contributed by atoms with van der Waals surface area (Å²) in [4.78, 5) is 0.223. The molecule has 0 aromatic heterocycles. The van der Waals surface area contributed by atoms with Crippen molar-refractivity contribution < 1.29 is 8.42 Å². The second-order valence-electron chi connectivity index (χ2n) is 3.71. The molecule has 0 bridgehead atoms. The Labute approximate surface area is 112 Å². The van der Waals surface area contributed by atoms with Crippen molar-refractivity contribution in [2.75, 3.05) is 23.8 Å². The van der Waals surface area contributed by atoms with Crippen molar-refractivity contribution in [3.05, 3.63) is 29.8 Å². The predicted octanol–water partition coefficient (Wildman–Crippen LogP) is 1.41. The topological polar surface area (TPSA) is 84.0 Å². The van der Waals surface area contributed by atoms with Gasteiger partial charge in [-0.15, -0.1) is 0 Å². The molecular weight excluding hydrogens is 268 g/mol. The maximum absolute atomic E-state index is 12.0. The fourth-order valence-electron chi connectivity index (χ4n) is 1.33. The quantitative estimate of drug-likeness (QED) is 0.765. The molecule has 1 aromatic rings. The Kier molecular flexibility index (Phi) is 6.19. The van der Waals surface area contributed by atoms with E-state index in [9.17, 15) is 8.42 Å². The first-order valence-corrected chi connectivity index (χ1v) is 8.41. The lowest BCUT2D eigenvalue weighted by atomic mass is 10.2. The van der Waals surface area contributed by atoms with E-state index < -0.39 is 9.84 Å². The Morgan fingerprint density at radius 1 is 1.33 bits per heavy atom. The van der Waals surface area contributed by atoms with Gasteiger partial charge in [0.05, 0.1) is 22.3 Å². The van der Waals surface area contributed by atoms with Gasteiger partial charge in [0, 0.05) is 5.75 Å². The van der Waals surface area contributed by atoms with Gasteiger partial charge in [0.1, 0.15) is 0 Å². The first kappa shape index (κ1) is 15.0. The molecule has 0 amide bonds. The van der Waals surface area contributed by atoms with Gasteiger partial charge in [-0.25, -0.2) is 8.42 Å². The molecule has 1 aromatic carbocycles. The van der Waals surface area contributed by atoms with Crippen LogP contribution in [0.25, 0.3) is 0 Å². The first-order chi connectivity index (χ1) is 8.60. The normalized spacial score (nSPS) is 11.1. The Balaban J connectivity index is 2.60. The van der Waals surface area contributed by atoms with Gasteiger partial charge in [-0.3, -0.25) is 0 Å².